The number of carbonyl (C=O) groups is 1. The van der Waals surface area contributed by atoms with E-state index in [-0.39, 0.29) is 11.9 Å². The van der Waals surface area contributed by atoms with Gasteiger partial charge < -0.3 is 4.42 Å². The number of nitrogens with zero attached hydrogens (tertiary/aromatic N) is 3. The van der Waals surface area contributed by atoms with Gasteiger partial charge in [0.1, 0.15) is 5.69 Å². The van der Waals surface area contributed by atoms with Crippen LogP contribution in [0, 0.1) is 13.8 Å². The molecule has 2 aromatic heterocycles. The number of hydrogen-bond donors (Lipinski definition) is 1. The molecule has 24 heavy (non-hydrogen) atoms. The summed E-state index contributed by atoms with van der Waals surface area (Å²) in [5.41, 5.74) is 1.85. The van der Waals surface area contributed by atoms with Crippen LogP contribution in [0.4, 0.5) is 6.01 Å². The Hall–Kier alpha value is -2.19. The number of thioether (sulfide) groups is 1. The molecule has 3 rings (SSSR count). The second-order valence-electron chi connectivity index (χ2n) is 5.12. The van der Waals surface area contributed by atoms with Crippen LogP contribution in [0.15, 0.2) is 39.0 Å². The van der Waals surface area contributed by atoms with E-state index in [0.29, 0.717) is 23.8 Å². The summed E-state index contributed by atoms with van der Waals surface area (Å²) in [5.74, 6) is 0.837. The Bertz CT molecular complexity index is 827. The number of aryl methyl sites for hydroxylation is 2. The fourth-order valence-electron chi connectivity index (χ4n) is 1.92. The molecule has 0 aliphatic carbocycles. The van der Waals surface area contributed by atoms with Gasteiger partial charge in [-0.25, -0.2) is 4.98 Å². The summed E-state index contributed by atoms with van der Waals surface area (Å²) < 4.78 is 5.41. The highest BCUT2D eigenvalue weighted by Crippen LogP contribution is 2.22. The minimum atomic E-state index is -0.153. The van der Waals surface area contributed by atoms with E-state index in [4.69, 9.17) is 4.42 Å². The van der Waals surface area contributed by atoms with E-state index < -0.39 is 0 Å². The van der Waals surface area contributed by atoms with Crippen molar-refractivity contribution in [1.82, 2.24) is 15.2 Å². The van der Waals surface area contributed by atoms with Crippen LogP contribution in [0.3, 0.4) is 0 Å². The third-order valence-electron chi connectivity index (χ3n) is 3.13. The number of thiazole rings is 1. The highest BCUT2D eigenvalue weighted by atomic mass is 32.2. The Kier molecular flexibility index (Phi) is 5.27. The van der Waals surface area contributed by atoms with Gasteiger partial charge in [0.2, 0.25) is 5.91 Å². The molecule has 0 atom stereocenters. The van der Waals surface area contributed by atoms with Gasteiger partial charge in [-0.3, -0.25) is 10.1 Å². The Morgan fingerprint density at radius 2 is 2.04 bits per heavy atom. The first-order valence-electron chi connectivity index (χ1n) is 7.35. The number of amides is 1. The maximum atomic E-state index is 11.9. The fraction of sp³-hybridized carbons (Fsp3) is 0.250. The Balaban J connectivity index is 1.48. The molecule has 0 saturated carbocycles. The van der Waals surface area contributed by atoms with Crippen LogP contribution < -0.4 is 5.32 Å². The molecule has 8 heteroatoms. The maximum Gasteiger partial charge on any atom is 0.322 e. The molecule has 0 saturated heterocycles. The van der Waals surface area contributed by atoms with E-state index >= 15 is 0 Å². The molecule has 1 amide bonds. The van der Waals surface area contributed by atoms with Gasteiger partial charge in [0, 0.05) is 22.4 Å². The molecule has 1 aromatic carbocycles. The molecule has 6 nitrogen and oxygen atoms in total. The van der Waals surface area contributed by atoms with Crippen molar-refractivity contribution >= 4 is 35.0 Å². The lowest BCUT2D eigenvalue weighted by Gasteiger charge is -2.02. The summed E-state index contributed by atoms with van der Waals surface area (Å²) in [6.07, 6.45) is 0.367. The van der Waals surface area contributed by atoms with E-state index in [1.165, 1.54) is 16.9 Å². The molecule has 124 valence electrons. The van der Waals surface area contributed by atoms with Crippen molar-refractivity contribution in [2.24, 2.45) is 0 Å². The van der Waals surface area contributed by atoms with Crippen LogP contribution >= 0.6 is 23.1 Å². The van der Waals surface area contributed by atoms with E-state index in [2.05, 4.69) is 44.8 Å². The van der Waals surface area contributed by atoms with Gasteiger partial charge in [-0.15, -0.1) is 28.2 Å². The summed E-state index contributed by atoms with van der Waals surface area (Å²) in [5, 5.41) is 13.1. The first-order chi connectivity index (χ1) is 11.6. The average Bonchev–Trinajstić information content (AvgIpc) is 3.18. The molecule has 2 heterocycles. The van der Waals surface area contributed by atoms with Gasteiger partial charge in [-0.05, 0) is 26.0 Å². The summed E-state index contributed by atoms with van der Waals surface area (Å²) in [7, 11) is 0. The Morgan fingerprint density at radius 1 is 1.25 bits per heavy atom. The number of hydrogen-bond acceptors (Lipinski definition) is 7. The van der Waals surface area contributed by atoms with Crippen LogP contribution in [0.25, 0.3) is 11.6 Å². The first-order valence-corrected chi connectivity index (χ1v) is 9.22. The van der Waals surface area contributed by atoms with Crippen molar-refractivity contribution in [1.29, 1.82) is 0 Å². The molecule has 0 spiro atoms. The number of nitrogens with one attached hydrogen (secondary N) is 1. The zero-order valence-corrected chi connectivity index (χ0v) is 14.9. The van der Waals surface area contributed by atoms with E-state index in [1.54, 1.807) is 11.8 Å². The van der Waals surface area contributed by atoms with Gasteiger partial charge >= 0.3 is 6.01 Å². The van der Waals surface area contributed by atoms with Gasteiger partial charge in [-0.2, -0.15) is 0 Å². The fourth-order valence-corrected chi connectivity index (χ4v) is 3.36. The highest BCUT2D eigenvalue weighted by Gasteiger charge is 2.13. The zero-order chi connectivity index (χ0) is 16.9. The molecule has 0 bridgehead atoms. The molecular formula is C16H16N4O2S2. The molecular weight excluding hydrogens is 344 g/mol. The highest BCUT2D eigenvalue weighted by molar-refractivity contribution is 7.99. The number of aromatic nitrogens is 3. The largest absolute Gasteiger partial charge is 0.401 e. The third kappa shape index (κ3) is 4.42. The van der Waals surface area contributed by atoms with Crippen molar-refractivity contribution in [2.75, 3.05) is 11.1 Å². The monoisotopic (exact) mass is 360 g/mol. The molecule has 3 aromatic rings. The molecule has 0 aliphatic rings. The standard InChI is InChI=1S/C16H16N4O2S2/c1-10-3-5-12(6-4-10)23-8-7-14(21)18-16-20-19-15(22-16)13-9-24-11(2)17-13/h3-6,9H,7-8H2,1-2H3,(H,18,20,21). The summed E-state index contributed by atoms with van der Waals surface area (Å²) >= 11 is 3.14. The zero-order valence-electron chi connectivity index (χ0n) is 13.3. The molecule has 0 aliphatic heterocycles. The second kappa shape index (κ2) is 7.59. The van der Waals surface area contributed by atoms with E-state index in [9.17, 15) is 4.79 Å². The summed E-state index contributed by atoms with van der Waals surface area (Å²) in [6, 6.07) is 8.32. The average molecular weight is 360 g/mol. The number of rotatable bonds is 6. The molecule has 0 radical (unpaired) electrons. The minimum absolute atomic E-state index is 0.0981. The number of carbonyl (C=O) groups excluding carboxylic acids is 1. The Morgan fingerprint density at radius 3 is 2.75 bits per heavy atom. The predicted octanol–water partition coefficient (Wildman–Crippen LogP) is 3.93. The lowest BCUT2D eigenvalue weighted by Crippen LogP contribution is -2.12. The van der Waals surface area contributed by atoms with Crippen LogP contribution in [-0.4, -0.2) is 26.8 Å². The second-order valence-corrected chi connectivity index (χ2v) is 7.35. The summed E-state index contributed by atoms with van der Waals surface area (Å²) in [4.78, 5) is 17.4. The molecule has 1 N–H and O–H groups in total. The van der Waals surface area contributed by atoms with Gasteiger partial charge in [0.05, 0.1) is 5.01 Å². The normalized spacial score (nSPS) is 10.8. The lowest BCUT2D eigenvalue weighted by atomic mass is 10.2. The minimum Gasteiger partial charge on any atom is -0.401 e. The SMILES string of the molecule is Cc1ccc(SCCC(=O)Nc2nnc(-c3csc(C)n3)o2)cc1. The maximum absolute atomic E-state index is 11.9. The van der Waals surface area contributed by atoms with Crippen molar-refractivity contribution in [3.8, 4) is 11.6 Å². The van der Waals surface area contributed by atoms with Crippen LogP contribution in [-0.2, 0) is 4.79 Å². The van der Waals surface area contributed by atoms with Gasteiger partial charge in [-0.1, -0.05) is 22.8 Å². The first kappa shape index (κ1) is 16.7. The lowest BCUT2D eigenvalue weighted by molar-refractivity contribution is -0.115. The van der Waals surface area contributed by atoms with Crippen LogP contribution in [0.1, 0.15) is 17.0 Å². The van der Waals surface area contributed by atoms with Crippen LogP contribution in [0.5, 0.6) is 0 Å². The smallest absolute Gasteiger partial charge is 0.322 e. The van der Waals surface area contributed by atoms with E-state index in [0.717, 1.165) is 9.90 Å². The molecule has 0 unspecified atom stereocenters. The quantitative estimate of drug-likeness (QED) is 0.671. The van der Waals surface area contributed by atoms with Crippen molar-refractivity contribution < 1.29 is 9.21 Å². The predicted molar refractivity (Wildman–Crippen MR) is 95.3 cm³/mol. The van der Waals surface area contributed by atoms with Crippen LogP contribution in [0.2, 0.25) is 0 Å². The third-order valence-corrected chi connectivity index (χ3v) is 4.92. The Labute approximate surface area is 147 Å². The number of benzene rings is 1. The summed E-state index contributed by atoms with van der Waals surface area (Å²) in [6.45, 7) is 3.95. The van der Waals surface area contributed by atoms with E-state index in [1.807, 2.05) is 19.2 Å². The number of anilines is 1. The van der Waals surface area contributed by atoms with Gasteiger partial charge in [0.25, 0.3) is 5.89 Å². The topological polar surface area (TPSA) is 80.9 Å². The van der Waals surface area contributed by atoms with Crippen molar-refractivity contribution in [3.05, 3.63) is 40.2 Å². The van der Waals surface area contributed by atoms with Crippen molar-refractivity contribution in [3.63, 3.8) is 0 Å². The van der Waals surface area contributed by atoms with Crippen molar-refractivity contribution in [2.45, 2.75) is 25.2 Å². The molecule has 0 fully saturated rings. The van der Waals surface area contributed by atoms with Gasteiger partial charge in [0.15, 0.2) is 0 Å².